The normalized spacial score (nSPS) is 24.7. The van der Waals surface area contributed by atoms with Crippen LogP contribution in [-0.2, 0) is 0 Å². The van der Waals surface area contributed by atoms with Crippen LogP contribution in [0.3, 0.4) is 0 Å². The Morgan fingerprint density at radius 1 is 1.08 bits per heavy atom. The highest BCUT2D eigenvalue weighted by Gasteiger charge is 2.41. The summed E-state index contributed by atoms with van der Waals surface area (Å²) < 4.78 is 0. The Hall–Kier alpha value is -0.0400. The van der Waals surface area contributed by atoms with Crippen molar-refractivity contribution < 1.29 is 0 Å². The minimum absolute atomic E-state index is 0. The molecule has 25 heavy (non-hydrogen) atoms. The monoisotopic (exact) mass is 462 g/mol. The molecule has 3 aliphatic rings. The molecule has 0 radical (unpaired) electrons. The summed E-state index contributed by atoms with van der Waals surface area (Å²) in [4.78, 5) is 10.1. The van der Waals surface area contributed by atoms with Crippen LogP contribution in [0.15, 0.2) is 4.99 Å². The number of nitrogens with zero attached hydrogens (tertiary/aromatic N) is 3. The molecule has 3 rings (SSSR count). The standard InChI is InChI=1S/C20H38N4.HI/c1-3-21-19(24-16-12-20(17-24)10-5-6-11-20)22-13-7-18-8-14-23(4-2)15-9-18;/h18H,3-17H2,1-2H3,(H,21,22);1H. The van der Waals surface area contributed by atoms with Gasteiger partial charge in [-0.3, -0.25) is 4.99 Å². The van der Waals surface area contributed by atoms with E-state index in [-0.39, 0.29) is 24.0 Å². The number of piperidine rings is 1. The van der Waals surface area contributed by atoms with E-state index in [2.05, 4.69) is 29.0 Å². The van der Waals surface area contributed by atoms with Crippen molar-refractivity contribution in [3.8, 4) is 0 Å². The van der Waals surface area contributed by atoms with E-state index in [0.29, 0.717) is 5.41 Å². The predicted octanol–water partition coefficient (Wildman–Crippen LogP) is 3.96. The van der Waals surface area contributed by atoms with Crippen molar-refractivity contribution in [2.45, 2.75) is 65.2 Å². The molecule has 0 unspecified atom stereocenters. The van der Waals surface area contributed by atoms with Crippen LogP contribution in [0.5, 0.6) is 0 Å². The van der Waals surface area contributed by atoms with Crippen LogP contribution in [0.2, 0.25) is 0 Å². The van der Waals surface area contributed by atoms with Crippen LogP contribution in [0.25, 0.3) is 0 Å². The van der Waals surface area contributed by atoms with E-state index in [1.165, 1.54) is 90.0 Å². The molecule has 5 heteroatoms. The molecule has 0 aromatic carbocycles. The van der Waals surface area contributed by atoms with Gasteiger partial charge in [0.05, 0.1) is 0 Å². The number of halogens is 1. The summed E-state index contributed by atoms with van der Waals surface area (Å²) in [6.07, 6.45) is 11.2. The molecule has 2 heterocycles. The molecular formula is C20H39IN4. The van der Waals surface area contributed by atoms with E-state index in [1.807, 2.05) is 0 Å². The minimum Gasteiger partial charge on any atom is -0.357 e. The van der Waals surface area contributed by atoms with Gasteiger partial charge in [0.1, 0.15) is 0 Å². The Morgan fingerprint density at radius 2 is 1.80 bits per heavy atom. The van der Waals surface area contributed by atoms with E-state index in [9.17, 15) is 0 Å². The lowest BCUT2D eigenvalue weighted by Crippen LogP contribution is -2.41. The molecule has 2 aliphatic heterocycles. The smallest absolute Gasteiger partial charge is 0.193 e. The molecule has 4 nitrogen and oxygen atoms in total. The number of guanidine groups is 1. The second-order valence-electron chi connectivity index (χ2n) is 8.28. The zero-order valence-electron chi connectivity index (χ0n) is 16.4. The number of hydrogen-bond acceptors (Lipinski definition) is 2. The first-order valence-corrected chi connectivity index (χ1v) is 10.5. The number of nitrogens with one attached hydrogen (secondary N) is 1. The summed E-state index contributed by atoms with van der Waals surface area (Å²) in [6.45, 7) is 12.7. The van der Waals surface area contributed by atoms with Crippen molar-refractivity contribution in [3.05, 3.63) is 0 Å². The summed E-state index contributed by atoms with van der Waals surface area (Å²) in [6, 6.07) is 0. The van der Waals surface area contributed by atoms with Gasteiger partial charge in [0.2, 0.25) is 0 Å². The second kappa shape index (κ2) is 10.3. The maximum Gasteiger partial charge on any atom is 0.193 e. The van der Waals surface area contributed by atoms with Gasteiger partial charge < -0.3 is 15.1 Å². The van der Waals surface area contributed by atoms with Crippen molar-refractivity contribution in [1.82, 2.24) is 15.1 Å². The average Bonchev–Trinajstić information content (AvgIpc) is 3.25. The van der Waals surface area contributed by atoms with E-state index in [4.69, 9.17) is 4.99 Å². The third-order valence-corrected chi connectivity index (χ3v) is 6.69. The molecule has 1 spiro atoms. The molecule has 0 amide bonds. The Labute approximate surface area is 172 Å². The van der Waals surface area contributed by atoms with Crippen molar-refractivity contribution in [2.24, 2.45) is 16.3 Å². The first-order valence-electron chi connectivity index (χ1n) is 10.5. The molecule has 1 N–H and O–H groups in total. The van der Waals surface area contributed by atoms with Crippen molar-refractivity contribution in [1.29, 1.82) is 0 Å². The summed E-state index contributed by atoms with van der Waals surface area (Å²) in [5.74, 6) is 2.08. The van der Waals surface area contributed by atoms with Crippen LogP contribution in [0, 0.1) is 11.3 Å². The Balaban J connectivity index is 0.00000225. The largest absolute Gasteiger partial charge is 0.357 e. The van der Waals surface area contributed by atoms with Crippen molar-refractivity contribution in [3.63, 3.8) is 0 Å². The first-order chi connectivity index (χ1) is 11.7. The maximum absolute atomic E-state index is 5.00. The maximum atomic E-state index is 5.00. The molecule has 1 saturated carbocycles. The van der Waals surface area contributed by atoms with E-state index in [0.717, 1.165) is 19.0 Å². The molecule has 2 saturated heterocycles. The highest BCUT2D eigenvalue weighted by Crippen LogP contribution is 2.45. The van der Waals surface area contributed by atoms with Crippen LogP contribution in [0.1, 0.15) is 65.2 Å². The summed E-state index contributed by atoms with van der Waals surface area (Å²) in [5, 5.41) is 3.55. The van der Waals surface area contributed by atoms with Crippen LogP contribution in [0.4, 0.5) is 0 Å². The fraction of sp³-hybridized carbons (Fsp3) is 0.950. The zero-order valence-corrected chi connectivity index (χ0v) is 18.8. The molecule has 0 aromatic rings. The molecule has 0 bridgehead atoms. The van der Waals surface area contributed by atoms with Gasteiger partial charge in [0, 0.05) is 26.2 Å². The number of aliphatic imine (C=N–C) groups is 1. The van der Waals surface area contributed by atoms with Gasteiger partial charge in [0.15, 0.2) is 5.96 Å². The number of likely N-dealkylation sites (tertiary alicyclic amines) is 2. The van der Waals surface area contributed by atoms with Crippen molar-refractivity contribution in [2.75, 3.05) is 45.8 Å². The van der Waals surface area contributed by atoms with Gasteiger partial charge in [-0.25, -0.2) is 0 Å². The minimum atomic E-state index is 0. The molecule has 0 atom stereocenters. The van der Waals surface area contributed by atoms with Gasteiger partial charge in [-0.15, -0.1) is 24.0 Å². The molecule has 1 aliphatic carbocycles. The van der Waals surface area contributed by atoms with Crippen LogP contribution in [-0.4, -0.2) is 61.6 Å². The van der Waals surface area contributed by atoms with Crippen LogP contribution >= 0.6 is 24.0 Å². The first kappa shape index (κ1) is 21.3. The average molecular weight is 462 g/mol. The highest BCUT2D eigenvalue weighted by atomic mass is 127. The fourth-order valence-corrected chi connectivity index (χ4v) is 5.02. The molecule has 0 aromatic heterocycles. The van der Waals surface area contributed by atoms with Crippen molar-refractivity contribution >= 4 is 29.9 Å². The van der Waals surface area contributed by atoms with Gasteiger partial charge in [-0.2, -0.15) is 0 Å². The quantitative estimate of drug-likeness (QED) is 0.381. The fourth-order valence-electron chi connectivity index (χ4n) is 5.02. The van der Waals surface area contributed by atoms with E-state index < -0.39 is 0 Å². The SMILES string of the molecule is CCNC(=NCCC1CCN(CC)CC1)N1CCC2(CCCC2)C1.I. The number of rotatable bonds is 5. The molecule has 3 fully saturated rings. The lowest BCUT2D eigenvalue weighted by molar-refractivity contribution is 0.188. The highest BCUT2D eigenvalue weighted by molar-refractivity contribution is 14.0. The lowest BCUT2D eigenvalue weighted by atomic mass is 9.86. The predicted molar refractivity (Wildman–Crippen MR) is 118 cm³/mol. The Morgan fingerprint density at radius 3 is 2.44 bits per heavy atom. The zero-order chi connectivity index (χ0) is 16.8. The summed E-state index contributed by atoms with van der Waals surface area (Å²) in [5.41, 5.74) is 0.628. The Kier molecular flexibility index (Phi) is 8.79. The summed E-state index contributed by atoms with van der Waals surface area (Å²) in [7, 11) is 0. The third-order valence-electron chi connectivity index (χ3n) is 6.69. The second-order valence-corrected chi connectivity index (χ2v) is 8.28. The van der Waals surface area contributed by atoms with Gasteiger partial charge in [-0.05, 0) is 76.4 Å². The van der Waals surface area contributed by atoms with Gasteiger partial charge in [0.25, 0.3) is 0 Å². The van der Waals surface area contributed by atoms with E-state index >= 15 is 0 Å². The van der Waals surface area contributed by atoms with Crippen LogP contribution < -0.4 is 5.32 Å². The lowest BCUT2D eigenvalue weighted by Gasteiger charge is -2.31. The Bertz CT molecular complexity index is 412. The topological polar surface area (TPSA) is 30.9 Å². The molecule has 146 valence electrons. The third kappa shape index (κ3) is 5.72. The van der Waals surface area contributed by atoms with Gasteiger partial charge >= 0.3 is 0 Å². The summed E-state index contributed by atoms with van der Waals surface area (Å²) >= 11 is 0. The van der Waals surface area contributed by atoms with E-state index in [1.54, 1.807) is 0 Å². The van der Waals surface area contributed by atoms with Gasteiger partial charge in [-0.1, -0.05) is 19.8 Å². The molecular weight excluding hydrogens is 423 g/mol. The number of hydrogen-bond donors (Lipinski definition) is 1.